The maximum Gasteiger partial charge on any atom is 0.224 e. The van der Waals surface area contributed by atoms with Crippen molar-refractivity contribution in [2.75, 3.05) is 17.6 Å². The van der Waals surface area contributed by atoms with Gasteiger partial charge in [0, 0.05) is 12.7 Å². The third-order valence-electron chi connectivity index (χ3n) is 1.95. The molecule has 0 aromatic carbocycles. The normalized spacial score (nSPS) is 10.1. The molecule has 0 spiro atoms. The number of anilines is 2. The Morgan fingerprint density at radius 3 is 3.07 bits per heavy atom. The van der Waals surface area contributed by atoms with Gasteiger partial charge in [-0.25, -0.2) is 4.98 Å². The first-order valence-corrected chi connectivity index (χ1v) is 5.62. The van der Waals surface area contributed by atoms with Gasteiger partial charge in [-0.3, -0.25) is 0 Å². The summed E-state index contributed by atoms with van der Waals surface area (Å²) in [6.45, 7) is 0.820. The van der Waals surface area contributed by atoms with Crippen LogP contribution in [0.5, 0.6) is 0 Å². The van der Waals surface area contributed by atoms with Gasteiger partial charge in [0.1, 0.15) is 5.82 Å². The smallest absolute Gasteiger partial charge is 0.224 e. The van der Waals surface area contributed by atoms with Gasteiger partial charge in [0.05, 0.1) is 0 Å². The number of hydrogen-bond donors (Lipinski definition) is 2. The Bertz CT molecular complexity index is 413. The number of thiophene rings is 1. The summed E-state index contributed by atoms with van der Waals surface area (Å²) in [5.41, 5.74) is 6.87. The molecule has 2 aromatic heterocycles. The lowest BCUT2D eigenvalue weighted by Gasteiger charge is -2.03. The van der Waals surface area contributed by atoms with Crippen LogP contribution in [0.4, 0.5) is 11.8 Å². The summed E-state index contributed by atoms with van der Waals surface area (Å²) in [5, 5.41) is 7.34. The van der Waals surface area contributed by atoms with Crippen LogP contribution in [-0.4, -0.2) is 16.5 Å². The van der Waals surface area contributed by atoms with Gasteiger partial charge in [-0.2, -0.15) is 16.3 Å². The average Bonchev–Trinajstić information content (AvgIpc) is 2.71. The van der Waals surface area contributed by atoms with Crippen LogP contribution >= 0.6 is 11.3 Å². The summed E-state index contributed by atoms with van der Waals surface area (Å²) in [6, 6.07) is 3.79. The molecule has 0 saturated carbocycles. The molecule has 3 N–H and O–H groups in total. The number of aromatic nitrogens is 2. The van der Waals surface area contributed by atoms with Crippen molar-refractivity contribution in [1.82, 2.24) is 9.97 Å². The maximum atomic E-state index is 5.54. The third kappa shape index (κ3) is 2.92. The lowest BCUT2D eigenvalue weighted by atomic mass is 10.2. The van der Waals surface area contributed by atoms with Gasteiger partial charge in [-0.05, 0) is 34.9 Å². The standard InChI is InChI=1S/C10H12N4S/c11-9-2-5-13-10(14-9)12-4-1-8-3-6-15-7-8/h2-3,5-7H,1,4H2,(H3,11,12,13,14). The first-order chi connectivity index (χ1) is 7.34. The summed E-state index contributed by atoms with van der Waals surface area (Å²) in [4.78, 5) is 8.11. The summed E-state index contributed by atoms with van der Waals surface area (Å²) >= 11 is 1.71. The monoisotopic (exact) mass is 220 g/mol. The van der Waals surface area contributed by atoms with Gasteiger partial charge < -0.3 is 11.1 Å². The van der Waals surface area contributed by atoms with E-state index < -0.39 is 0 Å². The van der Waals surface area contributed by atoms with E-state index in [2.05, 4.69) is 32.1 Å². The molecule has 2 aromatic rings. The van der Waals surface area contributed by atoms with Crippen LogP contribution in [0.3, 0.4) is 0 Å². The molecule has 78 valence electrons. The molecular formula is C10H12N4S. The minimum absolute atomic E-state index is 0.489. The van der Waals surface area contributed by atoms with E-state index in [4.69, 9.17) is 5.73 Å². The molecule has 0 radical (unpaired) electrons. The number of nitrogens with zero attached hydrogens (tertiary/aromatic N) is 2. The molecular weight excluding hydrogens is 208 g/mol. The van der Waals surface area contributed by atoms with Crippen molar-refractivity contribution < 1.29 is 0 Å². The van der Waals surface area contributed by atoms with Crippen molar-refractivity contribution in [2.45, 2.75) is 6.42 Å². The highest BCUT2D eigenvalue weighted by molar-refractivity contribution is 7.07. The van der Waals surface area contributed by atoms with Crippen LogP contribution in [0.1, 0.15) is 5.56 Å². The number of hydrogen-bond acceptors (Lipinski definition) is 5. The van der Waals surface area contributed by atoms with Crippen LogP contribution in [0, 0.1) is 0 Å². The highest BCUT2D eigenvalue weighted by Gasteiger charge is 1.96. The Kier molecular flexibility index (Phi) is 3.14. The van der Waals surface area contributed by atoms with E-state index in [-0.39, 0.29) is 0 Å². The van der Waals surface area contributed by atoms with Crippen molar-refractivity contribution in [3.8, 4) is 0 Å². The molecule has 0 fully saturated rings. The van der Waals surface area contributed by atoms with E-state index in [1.54, 1.807) is 23.6 Å². The molecule has 2 rings (SSSR count). The van der Waals surface area contributed by atoms with Crippen molar-refractivity contribution >= 4 is 23.1 Å². The predicted molar refractivity (Wildman–Crippen MR) is 63.0 cm³/mol. The van der Waals surface area contributed by atoms with Crippen molar-refractivity contribution in [2.24, 2.45) is 0 Å². The summed E-state index contributed by atoms with van der Waals surface area (Å²) in [7, 11) is 0. The molecule has 5 heteroatoms. The molecule has 0 atom stereocenters. The maximum absolute atomic E-state index is 5.54. The predicted octanol–water partition coefficient (Wildman–Crippen LogP) is 1.77. The van der Waals surface area contributed by atoms with Crippen LogP contribution in [-0.2, 0) is 6.42 Å². The molecule has 0 unspecified atom stereocenters. The highest BCUT2D eigenvalue weighted by Crippen LogP contribution is 2.07. The molecule has 15 heavy (non-hydrogen) atoms. The zero-order chi connectivity index (χ0) is 10.5. The Balaban J connectivity index is 1.83. The van der Waals surface area contributed by atoms with E-state index >= 15 is 0 Å². The number of rotatable bonds is 4. The van der Waals surface area contributed by atoms with Crippen LogP contribution in [0.15, 0.2) is 29.1 Å². The van der Waals surface area contributed by atoms with Crippen LogP contribution in [0.2, 0.25) is 0 Å². The second-order valence-corrected chi connectivity index (χ2v) is 3.89. The first kappa shape index (κ1) is 9.92. The minimum atomic E-state index is 0.489. The van der Waals surface area contributed by atoms with Crippen molar-refractivity contribution in [3.05, 3.63) is 34.7 Å². The fraction of sp³-hybridized carbons (Fsp3) is 0.200. The lowest BCUT2D eigenvalue weighted by Crippen LogP contribution is -2.08. The molecule has 0 aliphatic rings. The first-order valence-electron chi connectivity index (χ1n) is 4.68. The fourth-order valence-corrected chi connectivity index (χ4v) is 1.91. The summed E-state index contributed by atoms with van der Waals surface area (Å²) < 4.78 is 0. The quantitative estimate of drug-likeness (QED) is 0.824. The summed E-state index contributed by atoms with van der Waals surface area (Å²) in [5.74, 6) is 1.08. The zero-order valence-electron chi connectivity index (χ0n) is 8.18. The van der Waals surface area contributed by atoms with E-state index in [9.17, 15) is 0 Å². The SMILES string of the molecule is Nc1ccnc(NCCc2ccsc2)n1. The fourth-order valence-electron chi connectivity index (χ4n) is 1.21. The molecule has 2 heterocycles. The van der Waals surface area contributed by atoms with Crippen LogP contribution in [0.25, 0.3) is 0 Å². The summed E-state index contributed by atoms with van der Waals surface area (Å²) in [6.07, 6.45) is 2.62. The van der Waals surface area contributed by atoms with Gasteiger partial charge in [-0.1, -0.05) is 0 Å². The Hall–Kier alpha value is -1.62. The van der Waals surface area contributed by atoms with E-state index in [0.29, 0.717) is 11.8 Å². The Labute approximate surface area is 92.2 Å². The molecule has 0 aliphatic heterocycles. The average molecular weight is 220 g/mol. The Morgan fingerprint density at radius 1 is 1.40 bits per heavy atom. The van der Waals surface area contributed by atoms with Gasteiger partial charge in [0.25, 0.3) is 0 Å². The number of nitrogens with two attached hydrogens (primary N) is 1. The van der Waals surface area contributed by atoms with Crippen LogP contribution < -0.4 is 11.1 Å². The number of nitrogen functional groups attached to an aromatic ring is 1. The molecule has 0 saturated heterocycles. The topological polar surface area (TPSA) is 63.8 Å². The van der Waals surface area contributed by atoms with Gasteiger partial charge >= 0.3 is 0 Å². The molecule has 4 nitrogen and oxygen atoms in total. The zero-order valence-corrected chi connectivity index (χ0v) is 9.00. The van der Waals surface area contributed by atoms with Gasteiger partial charge in [-0.15, -0.1) is 0 Å². The minimum Gasteiger partial charge on any atom is -0.384 e. The third-order valence-corrected chi connectivity index (χ3v) is 2.69. The highest BCUT2D eigenvalue weighted by atomic mass is 32.1. The van der Waals surface area contributed by atoms with Crippen molar-refractivity contribution in [1.29, 1.82) is 0 Å². The second kappa shape index (κ2) is 4.75. The van der Waals surface area contributed by atoms with Gasteiger partial charge in [0.2, 0.25) is 5.95 Å². The molecule has 0 amide bonds. The number of nitrogens with one attached hydrogen (secondary N) is 1. The van der Waals surface area contributed by atoms with E-state index in [0.717, 1.165) is 13.0 Å². The van der Waals surface area contributed by atoms with Gasteiger partial charge in [0.15, 0.2) is 0 Å². The van der Waals surface area contributed by atoms with Crippen molar-refractivity contribution in [3.63, 3.8) is 0 Å². The van der Waals surface area contributed by atoms with E-state index in [1.807, 2.05) is 0 Å². The van der Waals surface area contributed by atoms with E-state index in [1.165, 1.54) is 5.56 Å². The lowest BCUT2D eigenvalue weighted by molar-refractivity contribution is 0.990. The molecule has 0 aliphatic carbocycles. The second-order valence-electron chi connectivity index (χ2n) is 3.11. The largest absolute Gasteiger partial charge is 0.384 e. The molecule has 0 bridgehead atoms. The Morgan fingerprint density at radius 2 is 2.33 bits per heavy atom.